The lowest BCUT2D eigenvalue weighted by molar-refractivity contribution is -0.124. The van der Waals surface area contributed by atoms with Gasteiger partial charge in [0.2, 0.25) is 5.91 Å². The monoisotopic (exact) mass is 206 g/mol. The molecule has 1 aliphatic rings. The number of nitrogens with two attached hydrogens (primary N) is 1. The van der Waals surface area contributed by atoms with Crippen LogP contribution >= 0.6 is 0 Å². The first kappa shape index (κ1) is 11.4. The van der Waals surface area contributed by atoms with Crippen LogP contribution in [-0.4, -0.2) is 24.9 Å². The molecule has 1 rings (SSSR count). The molecule has 0 radical (unpaired) electrons. The van der Waals surface area contributed by atoms with Gasteiger partial charge in [-0.2, -0.15) is 0 Å². The van der Waals surface area contributed by atoms with Crippen LogP contribution in [0.4, 0.5) is 8.78 Å². The Morgan fingerprint density at radius 2 is 2.14 bits per heavy atom. The molecule has 82 valence electrons. The minimum Gasteiger partial charge on any atom is -0.350 e. The summed E-state index contributed by atoms with van der Waals surface area (Å²) in [6, 6.07) is 0. The lowest BCUT2D eigenvalue weighted by Crippen LogP contribution is -2.42. The van der Waals surface area contributed by atoms with Crippen LogP contribution in [0.2, 0.25) is 0 Å². The van der Waals surface area contributed by atoms with Gasteiger partial charge in [-0.05, 0) is 18.8 Å². The second kappa shape index (κ2) is 4.68. The van der Waals surface area contributed by atoms with Crippen molar-refractivity contribution in [2.75, 3.05) is 13.1 Å². The third-order valence-electron chi connectivity index (χ3n) is 2.54. The molecule has 5 heteroatoms. The third kappa shape index (κ3) is 3.57. The number of halogens is 2. The summed E-state index contributed by atoms with van der Waals surface area (Å²) >= 11 is 0. The van der Waals surface area contributed by atoms with E-state index in [9.17, 15) is 13.6 Å². The van der Waals surface area contributed by atoms with Gasteiger partial charge in [-0.15, -0.1) is 0 Å². The van der Waals surface area contributed by atoms with Crippen LogP contribution in [-0.2, 0) is 4.79 Å². The highest BCUT2D eigenvalue weighted by Gasteiger charge is 2.28. The molecular weight excluding hydrogens is 190 g/mol. The van der Waals surface area contributed by atoms with E-state index in [0.717, 1.165) is 19.3 Å². The number of nitrogens with one attached hydrogen (secondary N) is 1. The van der Waals surface area contributed by atoms with Crippen LogP contribution in [0.1, 0.15) is 25.7 Å². The molecule has 1 fully saturated rings. The lowest BCUT2D eigenvalue weighted by Gasteiger charge is -2.24. The number of hydrogen-bond donors (Lipinski definition) is 2. The average molecular weight is 206 g/mol. The molecular formula is C9H16F2N2O. The Morgan fingerprint density at radius 3 is 2.57 bits per heavy atom. The third-order valence-corrected chi connectivity index (χ3v) is 2.54. The molecule has 3 nitrogen and oxygen atoms in total. The zero-order chi connectivity index (χ0) is 10.6. The van der Waals surface area contributed by atoms with Gasteiger partial charge in [0.1, 0.15) is 0 Å². The normalized spacial score (nSPS) is 17.6. The summed E-state index contributed by atoms with van der Waals surface area (Å²) in [4.78, 5) is 11.1. The van der Waals surface area contributed by atoms with E-state index < -0.39 is 19.0 Å². The minimum atomic E-state index is -2.98. The van der Waals surface area contributed by atoms with Crippen molar-refractivity contribution in [2.45, 2.75) is 31.6 Å². The van der Waals surface area contributed by atoms with Crippen LogP contribution < -0.4 is 11.1 Å². The molecule has 0 spiro atoms. The van der Waals surface area contributed by atoms with E-state index in [-0.39, 0.29) is 5.91 Å². The van der Waals surface area contributed by atoms with E-state index in [1.54, 1.807) is 0 Å². The number of hydrogen-bond acceptors (Lipinski definition) is 2. The Hall–Kier alpha value is -0.710. The molecule has 1 saturated carbocycles. The predicted octanol–water partition coefficient (Wildman–Crippen LogP) is 0.887. The van der Waals surface area contributed by atoms with E-state index in [2.05, 4.69) is 5.32 Å². The molecule has 0 bridgehead atoms. The highest BCUT2D eigenvalue weighted by molar-refractivity contribution is 5.76. The first-order chi connectivity index (χ1) is 6.53. The molecule has 0 unspecified atom stereocenters. The Morgan fingerprint density at radius 1 is 1.50 bits per heavy atom. The van der Waals surface area contributed by atoms with Crippen molar-refractivity contribution >= 4 is 5.91 Å². The highest BCUT2D eigenvalue weighted by atomic mass is 19.3. The van der Waals surface area contributed by atoms with E-state index in [1.807, 2.05) is 0 Å². The Balaban J connectivity index is 2.13. The molecule has 0 saturated heterocycles. The van der Waals surface area contributed by atoms with Crippen LogP contribution in [0.15, 0.2) is 0 Å². The lowest BCUT2D eigenvalue weighted by atomic mass is 9.83. The largest absolute Gasteiger partial charge is 0.350 e. The SMILES string of the molecule is NCC(F)(F)CNC(=O)CC1CCC1. The molecule has 0 aromatic rings. The fourth-order valence-corrected chi connectivity index (χ4v) is 1.33. The number of carbonyl (C=O) groups excluding carboxylic acids is 1. The van der Waals surface area contributed by atoms with E-state index in [0.29, 0.717) is 12.3 Å². The van der Waals surface area contributed by atoms with Gasteiger partial charge in [0.15, 0.2) is 0 Å². The van der Waals surface area contributed by atoms with Crippen LogP contribution in [0.25, 0.3) is 0 Å². The van der Waals surface area contributed by atoms with Gasteiger partial charge in [0.25, 0.3) is 5.92 Å². The summed E-state index contributed by atoms with van der Waals surface area (Å²) < 4.78 is 25.2. The van der Waals surface area contributed by atoms with Gasteiger partial charge in [-0.3, -0.25) is 4.79 Å². The number of alkyl halides is 2. The first-order valence-corrected chi connectivity index (χ1v) is 4.88. The van der Waals surface area contributed by atoms with Crippen molar-refractivity contribution in [3.63, 3.8) is 0 Å². The maximum atomic E-state index is 12.6. The summed E-state index contributed by atoms with van der Waals surface area (Å²) in [5.41, 5.74) is 4.83. The predicted molar refractivity (Wildman–Crippen MR) is 49.0 cm³/mol. The summed E-state index contributed by atoms with van der Waals surface area (Å²) in [7, 11) is 0. The minimum absolute atomic E-state index is 0.289. The fourth-order valence-electron chi connectivity index (χ4n) is 1.33. The second-order valence-corrected chi connectivity index (χ2v) is 3.84. The summed E-state index contributed by atoms with van der Waals surface area (Å²) in [6.07, 6.45) is 3.61. The zero-order valence-electron chi connectivity index (χ0n) is 8.06. The smallest absolute Gasteiger partial charge is 0.277 e. The van der Waals surface area contributed by atoms with Gasteiger partial charge in [0, 0.05) is 6.42 Å². The highest BCUT2D eigenvalue weighted by Crippen LogP contribution is 2.29. The molecule has 0 heterocycles. The topological polar surface area (TPSA) is 55.1 Å². The second-order valence-electron chi connectivity index (χ2n) is 3.84. The quantitative estimate of drug-likeness (QED) is 0.701. The zero-order valence-corrected chi connectivity index (χ0v) is 8.06. The molecule has 1 amide bonds. The molecule has 0 atom stereocenters. The van der Waals surface area contributed by atoms with E-state index in [4.69, 9.17) is 5.73 Å². The molecule has 1 aliphatic carbocycles. The van der Waals surface area contributed by atoms with Gasteiger partial charge in [-0.1, -0.05) is 6.42 Å². The van der Waals surface area contributed by atoms with Crippen molar-refractivity contribution in [1.29, 1.82) is 0 Å². The maximum Gasteiger partial charge on any atom is 0.277 e. The Bertz CT molecular complexity index is 205. The van der Waals surface area contributed by atoms with Crippen LogP contribution in [0, 0.1) is 5.92 Å². The molecule has 14 heavy (non-hydrogen) atoms. The van der Waals surface area contributed by atoms with Crippen molar-refractivity contribution in [1.82, 2.24) is 5.32 Å². The number of carbonyl (C=O) groups is 1. The van der Waals surface area contributed by atoms with Gasteiger partial charge < -0.3 is 11.1 Å². The van der Waals surface area contributed by atoms with Gasteiger partial charge in [-0.25, -0.2) is 8.78 Å². The van der Waals surface area contributed by atoms with Crippen molar-refractivity contribution in [3.05, 3.63) is 0 Å². The summed E-state index contributed by atoms with van der Waals surface area (Å²) in [5, 5.41) is 2.20. The molecule has 3 N–H and O–H groups in total. The molecule has 0 aliphatic heterocycles. The van der Waals surface area contributed by atoms with Crippen molar-refractivity contribution in [3.8, 4) is 0 Å². The standard InChI is InChI=1S/C9H16F2N2O/c10-9(11,5-12)6-13-8(14)4-7-2-1-3-7/h7H,1-6,12H2,(H,13,14). The average Bonchev–Trinajstić information content (AvgIpc) is 2.08. The van der Waals surface area contributed by atoms with Crippen molar-refractivity contribution in [2.24, 2.45) is 11.7 Å². The van der Waals surface area contributed by atoms with Crippen LogP contribution in [0.3, 0.4) is 0 Å². The number of amides is 1. The van der Waals surface area contributed by atoms with Gasteiger partial charge in [0.05, 0.1) is 13.1 Å². The van der Waals surface area contributed by atoms with E-state index in [1.165, 1.54) is 0 Å². The van der Waals surface area contributed by atoms with Crippen LogP contribution in [0.5, 0.6) is 0 Å². The maximum absolute atomic E-state index is 12.6. The first-order valence-electron chi connectivity index (χ1n) is 4.88. The Kier molecular flexibility index (Phi) is 3.80. The number of rotatable bonds is 5. The Labute approximate surface area is 82.0 Å². The molecule has 0 aromatic carbocycles. The fraction of sp³-hybridized carbons (Fsp3) is 0.889. The summed E-state index contributed by atoms with van der Waals surface area (Å²) in [6.45, 7) is -1.37. The van der Waals surface area contributed by atoms with Gasteiger partial charge >= 0.3 is 0 Å². The van der Waals surface area contributed by atoms with Crippen molar-refractivity contribution < 1.29 is 13.6 Å². The van der Waals surface area contributed by atoms with E-state index >= 15 is 0 Å². The summed E-state index contributed by atoms with van der Waals surface area (Å²) in [5.74, 6) is -2.86. The molecule has 0 aromatic heterocycles.